The molecule has 36 heavy (non-hydrogen) atoms. The molecule has 0 radical (unpaired) electrons. The van der Waals surface area contributed by atoms with Crippen LogP contribution in [0.25, 0.3) is 0 Å². The number of sulfonamides is 1. The van der Waals surface area contributed by atoms with Crippen LogP contribution in [0.4, 0.5) is 11.4 Å². The Morgan fingerprint density at radius 2 is 1.56 bits per heavy atom. The number of aryl methyl sites for hydroxylation is 1. The molecule has 0 bridgehead atoms. The molecule has 1 atom stereocenters. The van der Waals surface area contributed by atoms with Crippen molar-refractivity contribution in [1.82, 2.24) is 5.32 Å². The number of nitrogens with one attached hydrogen (secondary N) is 1. The SMILES string of the molecule is Cc1ccc(S(=O)(=O)N(CC(=O)NC(C)c2ccc(N3CCCC3)cc2)c2cc(Cl)cc(Cl)c2)cc1. The van der Waals surface area contributed by atoms with Crippen molar-refractivity contribution in [3.05, 3.63) is 87.9 Å². The van der Waals surface area contributed by atoms with E-state index in [1.807, 2.05) is 26.0 Å². The quantitative estimate of drug-likeness (QED) is 0.378. The Kier molecular flexibility index (Phi) is 8.13. The van der Waals surface area contributed by atoms with Crippen molar-refractivity contribution in [2.24, 2.45) is 0 Å². The number of nitrogens with zero attached hydrogens (tertiary/aromatic N) is 2. The van der Waals surface area contributed by atoms with Gasteiger partial charge in [-0.2, -0.15) is 0 Å². The molecule has 1 saturated heterocycles. The Morgan fingerprint density at radius 3 is 2.14 bits per heavy atom. The van der Waals surface area contributed by atoms with Crippen molar-refractivity contribution in [3.63, 3.8) is 0 Å². The molecule has 0 saturated carbocycles. The summed E-state index contributed by atoms with van der Waals surface area (Å²) in [5.74, 6) is -0.446. The van der Waals surface area contributed by atoms with Crippen molar-refractivity contribution in [1.29, 1.82) is 0 Å². The fourth-order valence-corrected chi connectivity index (χ4v) is 6.21. The van der Waals surface area contributed by atoms with Gasteiger partial charge < -0.3 is 10.2 Å². The van der Waals surface area contributed by atoms with Gasteiger partial charge in [-0.1, -0.05) is 53.0 Å². The summed E-state index contributed by atoms with van der Waals surface area (Å²) in [5, 5.41) is 3.47. The van der Waals surface area contributed by atoms with Gasteiger partial charge >= 0.3 is 0 Å². The van der Waals surface area contributed by atoms with Crippen molar-refractivity contribution in [3.8, 4) is 0 Å². The first-order valence-corrected chi connectivity index (χ1v) is 14.0. The number of anilines is 2. The van der Waals surface area contributed by atoms with E-state index in [9.17, 15) is 13.2 Å². The van der Waals surface area contributed by atoms with Crippen LogP contribution in [0.15, 0.2) is 71.6 Å². The van der Waals surface area contributed by atoms with E-state index in [-0.39, 0.29) is 26.7 Å². The monoisotopic (exact) mass is 545 g/mol. The van der Waals surface area contributed by atoms with Gasteiger partial charge in [0.15, 0.2) is 0 Å². The molecule has 1 unspecified atom stereocenters. The lowest BCUT2D eigenvalue weighted by molar-refractivity contribution is -0.120. The Morgan fingerprint density at radius 1 is 0.972 bits per heavy atom. The summed E-state index contributed by atoms with van der Waals surface area (Å²) in [6, 6.07) is 18.7. The predicted molar refractivity (Wildman–Crippen MR) is 147 cm³/mol. The molecule has 1 aliphatic heterocycles. The third-order valence-corrected chi connectivity index (χ3v) is 8.50. The zero-order valence-electron chi connectivity index (χ0n) is 20.2. The van der Waals surface area contributed by atoms with Gasteiger partial charge in [-0.25, -0.2) is 8.42 Å². The molecule has 0 spiro atoms. The van der Waals surface area contributed by atoms with E-state index in [0.29, 0.717) is 0 Å². The lowest BCUT2D eigenvalue weighted by atomic mass is 10.1. The minimum Gasteiger partial charge on any atom is -0.372 e. The van der Waals surface area contributed by atoms with Gasteiger partial charge in [0.05, 0.1) is 16.6 Å². The number of hydrogen-bond acceptors (Lipinski definition) is 4. The van der Waals surface area contributed by atoms with E-state index in [0.717, 1.165) is 28.5 Å². The van der Waals surface area contributed by atoms with Crippen LogP contribution in [0.3, 0.4) is 0 Å². The van der Waals surface area contributed by atoms with Crippen LogP contribution in [0, 0.1) is 6.92 Å². The number of rotatable bonds is 8. The fourth-order valence-electron chi connectivity index (χ4n) is 4.29. The van der Waals surface area contributed by atoms with Gasteiger partial charge in [-0.15, -0.1) is 0 Å². The number of carbonyl (C=O) groups is 1. The van der Waals surface area contributed by atoms with E-state index in [1.54, 1.807) is 12.1 Å². The number of hydrogen-bond donors (Lipinski definition) is 1. The second-order valence-electron chi connectivity index (χ2n) is 9.03. The lowest BCUT2D eigenvalue weighted by Crippen LogP contribution is -2.41. The molecule has 4 rings (SSSR count). The maximum Gasteiger partial charge on any atom is 0.264 e. The Bertz CT molecular complexity index is 1300. The van der Waals surface area contributed by atoms with Crippen molar-refractivity contribution in [2.45, 2.75) is 37.6 Å². The number of benzene rings is 3. The summed E-state index contributed by atoms with van der Waals surface area (Å²) in [5.41, 5.74) is 3.24. The van der Waals surface area contributed by atoms with E-state index >= 15 is 0 Å². The molecule has 1 aliphatic rings. The molecule has 1 N–H and O–H groups in total. The van der Waals surface area contributed by atoms with E-state index in [1.165, 1.54) is 48.9 Å². The molecule has 3 aromatic carbocycles. The van der Waals surface area contributed by atoms with Gasteiger partial charge in [0, 0.05) is 28.8 Å². The molecule has 0 aromatic heterocycles. The van der Waals surface area contributed by atoms with Gasteiger partial charge in [0.2, 0.25) is 5.91 Å². The first-order valence-electron chi connectivity index (χ1n) is 11.8. The molecule has 1 amide bonds. The zero-order valence-corrected chi connectivity index (χ0v) is 22.6. The van der Waals surface area contributed by atoms with Crippen LogP contribution in [-0.2, 0) is 14.8 Å². The molecule has 1 fully saturated rings. The summed E-state index contributed by atoms with van der Waals surface area (Å²) in [4.78, 5) is 15.5. The lowest BCUT2D eigenvalue weighted by Gasteiger charge is -2.26. The molecule has 0 aliphatic carbocycles. The Hall–Kier alpha value is -2.74. The van der Waals surface area contributed by atoms with Gasteiger partial charge in [0.1, 0.15) is 6.54 Å². The molecule has 3 aromatic rings. The predicted octanol–water partition coefficient (Wildman–Crippen LogP) is 5.97. The summed E-state index contributed by atoms with van der Waals surface area (Å²) >= 11 is 12.3. The van der Waals surface area contributed by atoms with Crippen LogP contribution in [0.5, 0.6) is 0 Å². The maximum absolute atomic E-state index is 13.6. The van der Waals surface area contributed by atoms with Crippen LogP contribution < -0.4 is 14.5 Å². The molecule has 190 valence electrons. The second-order valence-corrected chi connectivity index (χ2v) is 11.8. The summed E-state index contributed by atoms with van der Waals surface area (Å²) in [7, 11) is -4.07. The maximum atomic E-state index is 13.6. The largest absolute Gasteiger partial charge is 0.372 e. The van der Waals surface area contributed by atoms with Gasteiger partial charge in [0.25, 0.3) is 10.0 Å². The fraction of sp³-hybridized carbons (Fsp3) is 0.296. The van der Waals surface area contributed by atoms with Gasteiger partial charge in [-0.05, 0) is 74.7 Å². The number of carbonyl (C=O) groups excluding carboxylic acids is 1. The zero-order chi connectivity index (χ0) is 25.9. The Labute approximate surface area is 222 Å². The number of amides is 1. The normalized spacial score (nSPS) is 14.5. The molecule has 9 heteroatoms. The summed E-state index contributed by atoms with van der Waals surface area (Å²) in [6.45, 7) is 5.44. The minimum atomic E-state index is -4.07. The Balaban J connectivity index is 1.55. The highest BCUT2D eigenvalue weighted by atomic mass is 35.5. The van der Waals surface area contributed by atoms with Gasteiger partial charge in [-0.3, -0.25) is 9.10 Å². The average molecular weight is 547 g/mol. The van der Waals surface area contributed by atoms with Crippen LogP contribution in [0.1, 0.15) is 36.9 Å². The van der Waals surface area contributed by atoms with Crippen LogP contribution in [0.2, 0.25) is 10.0 Å². The molecule has 6 nitrogen and oxygen atoms in total. The van der Waals surface area contributed by atoms with Crippen molar-refractivity contribution < 1.29 is 13.2 Å². The van der Waals surface area contributed by atoms with E-state index in [2.05, 4.69) is 22.3 Å². The van der Waals surface area contributed by atoms with Crippen LogP contribution in [-0.4, -0.2) is 34.0 Å². The first kappa shape index (κ1) is 26.3. The highest BCUT2D eigenvalue weighted by molar-refractivity contribution is 7.92. The van der Waals surface area contributed by atoms with E-state index < -0.39 is 22.5 Å². The third-order valence-electron chi connectivity index (χ3n) is 6.27. The van der Waals surface area contributed by atoms with Crippen molar-refractivity contribution >= 4 is 50.5 Å². The highest BCUT2D eigenvalue weighted by Gasteiger charge is 2.28. The summed E-state index contributed by atoms with van der Waals surface area (Å²) < 4.78 is 28.2. The van der Waals surface area contributed by atoms with Crippen molar-refractivity contribution in [2.75, 3.05) is 28.8 Å². The van der Waals surface area contributed by atoms with E-state index in [4.69, 9.17) is 23.2 Å². The summed E-state index contributed by atoms with van der Waals surface area (Å²) in [6.07, 6.45) is 2.40. The second kappa shape index (κ2) is 11.1. The molecular weight excluding hydrogens is 517 g/mol. The smallest absolute Gasteiger partial charge is 0.264 e. The van der Waals surface area contributed by atoms with Crippen LogP contribution >= 0.6 is 23.2 Å². The molecular formula is C27H29Cl2N3O3S. The molecule has 1 heterocycles. The standard InChI is InChI=1S/C27H29Cl2N3O3S/c1-19-5-11-26(12-6-19)36(34,35)32(25-16-22(28)15-23(29)17-25)18-27(33)30-20(2)21-7-9-24(10-8-21)31-13-3-4-14-31/h5-12,15-17,20H,3-4,13-14,18H2,1-2H3,(H,30,33). The number of halogens is 2. The first-order chi connectivity index (χ1) is 17.1. The minimum absolute atomic E-state index is 0.0718. The third kappa shape index (κ3) is 6.14. The highest BCUT2D eigenvalue weighted by Crippen LogP contribution is 2.30. The topological polar surface area (TPSA) is 69.7 Å². The average Bonchev–Trinajstić information content (AvgIpc) is 3.37.